The first-order valence-corrected chi connectivity index (χ1v) is 12.2. The molecule has 6 heteroatoms. The number of carbonyl (C=O) groups is 1. The molecule has 4 nitrogen and oxygen atoms in total. The first kappa shape index (κ1) is 22.5. The fraction of sp³-hybridized carbons (Fsp3) is 0.231. The Morgan fingerprint density at radius 2 is 1.88 bits per heavy atom. The first-order chi connectivity index (χ1) is 15.4. The molecule has 0 atom stereocenters. The molecule has 0 unspecified atom stereocenters. The Kier molecular flexibility index (Phi) is 6.92. The quantitative estimate of drug-likeness (QED) is 0.278. The zero-order valence-electron chi connectivity index (χ0n) is 18.3. The third-order valence-corrected chi connectivity index (χ3v) is 6.77. The van der Waals surface area contributed by atoms with Gasteiger partial charge in [-0.25, -0.2) is 4.98 Å². The molecular formula is C26H25BrN2O2S. The van der Waals surface area contributed by atoms with E-state index in [1.165, 1.54) is 10.3 Å². The number of thiazole rings is 1. The van der Waals surface area contributed by atoms with Crippen molar-refractivity contribution in [1.82, 2.24) is 4.98 Å². The zero-order valence-corrected chi connectivity index (χ0v) is 20.7. The third kappa shape index (κ3) is 5.37. The Balaban J connectivity index is 1.42. The molecule has 4 aromatic rings. The monoisotopic (exact) mass is 508 g/mol. The summed E-state index contributed by atoms with van der Waals surface area (Å²) in [5.41, 5.74) is 4.58. The maximum atomic E-state index is 12.7. The second kappa shape index (κ2) is 9.84. The van der Waals surface area contributed by atoms with E-state index in [0.29, 0.717) is 18.1 Å². The second-order valence-electron chi connectivity index (χ2n) is 8.20. The lowest BCUT2D eigenvalue weighted by atomic mass is 10.1. The molecule has 4 rings (SSSR count). The van der Waals surface area contributed by atoms with Crippen LogP contribution in [0.25, 0.3) is 20.8 Å². The van der Waals surface area contributed by atoms with Crippen LogP contribution >= 0.6 is 27.3 Å². The SMILES string of the molecule is Cc1ccc2nc(-c3ccc(NC(=O)c4ccc(OCCC(C)C)c(Br)c4)cc3)sc2c1. The van der Waals surface area contributed by atoms with E-state index in [-0.39, 0.29) is 5.91 Å². The number of carbonyl (C=O) groups excluding carboxylic acids is 1. The molecule has 1 heterocycles. The number of hydrogen-bond acceptors (Lipinski definition) is 4. The number of hydrogen-bond donors (Lipinski definition) is 1. The molecule has 0 radical (unpaired) electrons. The molecular weight excluding hydrogens is 484 g/mol. The first-order valence-electron chi connectivity index (χ1n) is 10.6. The minimum Gasteiger partial charge on any atom is -0.492 e. The molecule has 0 aliphatic heterocycles. The number of ether oxygens (including phenoxy) is 1. The summed E-state index contributed by atoms with van der Waals surface area (Å²) >= 11 is 5.19. The number of aromatic nitrogens is 1. The summed E-state index contributed by atoms with van der Waals surface area (Å²) in [7, 11) is 0. The Hall–Kier alpha value is -2.70. The van der Waals surface area contributed by atoms with Crippen LogP contribution in [0, 0.1) is 12.8 Å². The lowest BCUT2D eigenvalue weighted by molar-refractivity contribution is 0.102. The highest BCUT2D eigenvalue weighted by Gasteiger charge is 2.11. The number of aryl methyl sites for hydroxylation is 1. The highest BCUT2D eigenvalue weighted by Crippen LogP contribution is 2.31. The van der Waals surface area contributed by atoms with Gasteiger partial charge in [0.05, 0.1) is 21.3 Å². The number of benzene rings is 3. The molecule has 1 N–H and O–H groups in total. The van der Waals surface area contributed by atoms with Crippen LogP contribution < -0.4 is 10.1 Å². The van der Waals surface area contributed by atoms with Gasteiger partial charge in [-0.05, 0) is 95.4 Å². The molecule has 0 spiro atoms. The van der Waals surface area contributed by atoms with Crippen molar-refractivity contribution < 1.29 is 9.53 Å². The standard InChI is InChI=1S/C26H25BrN2O2S/c1-16(2)12-13-31-23-11-7-19(15-21(23)27)25(30)28-20-8-5-18(6-9-20)26-29-22-10-4-17(3)14-24(22)32-26/h4-11,14-16H,12-13H2,1-3H3,(H,28,30). The Labute approximate surface area is 200 Å². The number of nitrogens with zero attached hydrogens (tertiary/aromatic N) is 1. The maximum Gasteiger partial charge on any atom is 0.255 e. The van der Waals surface area contributed by atoms with Crippen molar-refractivity contribution in [3.63, 3.8) is 0 Å². The van der Waals surface area contributed by atoms with Crippen molar-refractivity contribution in [2.75, 3.05) is 11.9 Å². The molecule has 3 aromatic carbocycles. The van der Waals surface area contributed by atoms with Crippen LogP contribution in [0.15, 0.2) is 65.1 Å². The van der Waals surface area contributed by atoms with Crippen molar-refractivity contribution in [2.45, 2.75) is 27.2 Å². The molecule has 0 bridgehead atoms. The minimum absolute atomic E-state index is 0.164. The van der Waals surface area contributed by atoms with Crippen molar-refractivity contribution in [2.24, 2.45) is 5.92 Å². The Morgan fingerprint density at radius 3 is 2.59 bits per heavy atom. The van der Waals surface area contributed by atoms with Gasteiger partial charge in [0.15, 0.2) is 0 Å². The van der Waals surface area contributed by atoms with E-state index in [1.807, 2.05) is 30.3 Å². The van der Waals surface area contributed by atoms with E-state index in [9.17, 15) is 4.79 Å². The van der Waals surface area contributed by atoms with E-state index in [2.05, 4.69) is 60.2 Å². The fourth-order valence-electron chi connectivity index (χ4n) is 3.22. The predicted octanol–water partition coefficient (Wildman–Crippen LogP) is 7.71. The van der Waals surface area contributed by atoms with Crippen LogP contribution in [-0.2, 0) is 0 Å². The highest BCUT2D eigenvalue weighted by molar-refractivity contribution is 9.10. The van der Waals surface area contributed by atoms with Crippen molar-refractivity contribution >= 4 is 49.1 Å². The maximum absolute atomic E-state index is 12.7. The van der Waals surface area contributed by atoms with Crippen LogP contribution in [0.3, 0.4) is 0 Å². The summed E-state index contributed by atoms with van der Waals surface area (Å²) in [5, 5.41) is 3.93. The molecule has 0 aliphatic carbocycles. The van der Waals surface area contributed by atoms with Gasteiger partial charge in [-0.15, -0.1) is 11.3 Å². The van der Waals surface area contributed by atoms with Gasteiger partial charge in [-0.1, -0.05) is 19.9 Å². The molecule has 32 heavy (non-hydrogen) atoms. The summed E-state index contributed by atoms with van der Waals surface area (Å²) < 4.78 is 7.75. The molecule has 0 saturated heterocycles. The largest absolute Gasteiger partial charge is 0.492 e. The summed E-state index contributed by atoms with van der Waals surface area (Å²) in [6, 6.07) is 19.5. The van der Waals surface area contributed by atoms with E-state index in [1.54, 1.807) is 23.5 Å². The summed E-state index contributed by atoms with van der Waals surface area (Å²) in [6.45, 7) is 7.07. The van der Waals surface area contributed by atoms with Crippen molar-refractivity contribution in [3.8, 4) is 16.3 Å². The summed E-state index contributed by atoms with van der Waals surface area (Å²) in [4.78, 5) is 17.4. The van der Waals surface area contributed by atoms with E-state index in [0.717, 1.165) is 38.4 Å². The molecule has 0 fully saturated rings. The van der Waals surface area contributed by atoms with Crippen LogP contribution in [0.1, 0.15) is 36.2 Å². The minimum atomic E-state index is -0.164. The normalized spacial score (nSPS) is 11.2. The van der Waals surface area contributed by atoms with Gasteiger partial charge in [0.1, 0.15) is 10.8 Å². The average Bonchev–Trinajstić information content (AvgIpc) is 3.18. The smallest absolute Gasteiger partial charge is 0.255 e. The van der Waals surface area contributed by atoms with Crippen LogP contribution in [0.2, 0.25) is 0 Å². The van der Waals surface area contributed by atoms with Gasteiger partial charge in [0, 0.05) is 16.8 Å². The van der Waals surface area contributed by atoms with Crippen LogP contribution in [0.4, 0.5) is 5.69 Å². The predicted molar refractivity (Wildman–Crippen MR) is 137 cm³/mol. The lowest BCUT2D eigenvalue weighted by Crippen LogP contribution is -2.12. The second-order valence-corrected chi connectivity index (χ2v) is 10.1. The van der Waals surface area contributed by atoms with E-state index < -0.39 is 0 Å². The zero-order chi connectivity index (χ0) is 22.7. The van der Waals surface area contributed by atoms with Crippen LogP contribution in [0.5, 0.6) is 5.75 Å². The Bertz CT molecular complexity index is 1250. The number of nitrogens with one attached hydrogen (secondary N) is 1. The fourth-order valence-corrected chi connectivity index (χ4v) is 4.78. The van der Waals surface area contributed by atoms with E-state index >= 15 is 0 Å². The van der Waals surface area contributed by atoms with Gasteiger partial charge in [-0.3, -0.25) is 4.79 Å². The van der Waals surface area contributed by atoms with Crippen LogP contribution in [-0.4, -0.2) is 17.5 Å². The van der Waals surface area contributed by atoms with Gasteiger partial charge < -0.3 is 10.1 Å². The topological polar surface area (TPSA) is 51.2 Å². The van der Waals surface area contributed by atoms with E-state index in [4.69, 9.17) is 9.72 Å². The molecule has 0 saturated carbocycles. The van der Waals surface area contributed by atoms with Gasteiger partial charge in [0.25, 0.3) is 5.91 Å². The number of anilines is 1. The molecule has 0 aliphatic rings. The Morgan fingerprint density at radius 1 is 1.09 bits per heavy atom. The average molecular weight is 509 g/mol. The number of rotatable bonds is 7. The van der Waals surface area contributed by atoms with Gasteiger partial charge >= 0.3 is 0 Å². The summed E-state index contributed by atoms with van der Waals surface area (Å²) in [5.74, 6) is 1.17. The lowest BCUT2D eigenvalue weighted by Gasteiger charge is -2.11. The molecule has 1 amide bonds. The van der Waals surface area contributed by atoms with Crippen molar-refractivity contribution in [1.29, 1.82) is 0 Å². The number of amides is 1. The van der Waals surface area contributed by atoms with Gasteiger partial charge in [-0.2, -0.15) is 0 Å². The third-order valence-electron chi connectivity index (χ3n) is 5.08. The number of fused-ring (bicyclic) bond motifs is 1. The number of halogens is 1. The molecule has 164 valence electrons. The van der Waals surface area contributed by atoms with Crippen molar-refractivity contribution in [3.05, 3.63) is 76.3 Å². The highest BCUT2D eigenvalue weighted by atomic mass is 79.9. The molecule has 1 aromatic heterocycles. The summed E-state index contributed by atoms with van der Waals surface area (Å²) in [6.07, 6.45) is 0.987. The van der Waals surface area contributed by atoms with Gasteiger partial charge in [0.2, 0.25) is 0 Å².